The van der Waals surface area contributed by atoms with E-state index in [1.807, 2.05) is 37.4 Å². The number of methoxy groups -OCH3 is 1. The van der Waals surface area contributed by atoms with Crippen LogP contribution < -0.4 is 9.75 Å². The highest BCUT2D eigenvalue weighted by atomic mass is 79.9. The predicted octanol–water partition coefficient (Wildman–Crippen LogP) is 3.63. The third-order valence-electron chi connectivity index (χ3n) is 2.78. The normalized spacial score (nSPS) is 10.8. The summed E-state index contributed by atoms with van der Waals surface area (Å²) in [6.07, 6.45) is 1.71. The summed E-state index contributed by atoms with van der Waals surface area (Å²) in [5.41, 5.74) is 1.82. The zero-order valence-electron chi connectivity index (χ0n) is 11.2. The second-order valence-corrected chi connectivity index (χ2v) is 5.01. The van der Waals surface area contributed by atoms with Crippen LogP contribution in [-0.4, -0.2) is 25.5 Å². The topological polar surface area (TPSA) is 45.1 Å². The van der Waals surface area contributed by atoms with E-state index in [2.05, 4.69) is 21.0 Å². The van der Waals surface area contributed by atoms with Gasteiger partial charge in [0.15, 0.2) is 11.5 Å². The first-order valence-corrected chi connectivity index (χ1v) is 6.80. The van der Waals surface area contributed by atoms with Crippen molar-refractivity contribution in [1.82, 2.24) is 0 Å². The summed E-state index contributed by atoms with van der Waals surface area (Å²) in [4.78, 5) is 0. The molecule has 0 aliphatic carbocycles. The molecule has 0 unspecified atom stereocenters. The molecule has 0 radical (unpaired) electrons. The number of ether oxygens (including phenoxy) is 1. The third-order valence-corrected chi connectivity index (χ3v) is 3.39. The Morgan fingerprint density at radius 1 is 1.25 bits per heavy atom. The van der Waals surface area contributed by atoms with E-state index in [0.29, 0.717) is 10.2 Å². The van der Waals surface area contributed by atoms with Crippen LogP contribution in [-0.2, 0) is 0 Å². The number of anilines is 1. The van der Waals surface area contributed by atoms with E-state index in [1.54, 1.807) is 23.4 Å². The van der Waals surface area contributed by atoms with Gasteiger partial charge in [0.2, 0.25) is 0 Å². The van der Waals surface area contributed by atoms with Crippen LogP contribution in [0.5, 0.6) is 11.5 Å². The molecular formula is C15H15BrN2O2. The molecule has 0 bridgehead atoms. The van der Waals surface area contributed by atoms with E-state index < -0.39 is 0 Å². The lowest BCUT2D eigenvalue weighted by molar-refractivity contribution is 0.372. The van der Waals surface area contributed by atoms with E-state index in [1.165, 1.54) is 7.11 Å². The fourth-order valence-corrected chi connectivity index (χ4v) is 2.15. The number of hydrogen-bond acceptors (Lipinski definition) is 4. The number of benzene rings is 2. The molecule has 20 heavy (non-hydrogen) atoms. The molecular weight excluding hydrogens is 320 g/mol. The van der Waals surface area contributed by atoms with Crippen molar-refractivity contribution in [3.63, 3.8) is 0 Å². The van der Waals surface area contributed by atoms with Gasteiger partial charge in [-0.1, -0.05) is 18.2 Å². The molecule has 0 amide bonds. The number of rotatable bonds is 4. The molecule has 0 saturated heterocycles. The summed E-state index contributed by atoms with van der Waals surface area (Å²) in [6.45, 7) is 0. The average Bonchev–Trinajstić information content (AvgIpc) is 2.48. The van der Waals surface area contributed by atoms with Crippen molar-refractivity contribution < 1.29 is 9.84 Å². The minimum absolute atomic E-state index is 0.0843. The first kappa shape index (κ1) is 14.4. The van der Waals surface area contributed by atoms with E-state index in [-0.39, 0.29) is 5.75 Å². The van der Waals surface area contributed by atoms with E-state index >= 15 is 0 Å². The average molecular weight is 335 g/mol. The summed E-state index contributed by atoms with van der Waals surface area (Å²) >= 11 is 3.28. The van der Waals surface area contributed by atoms with Crippen molar-refractivity contribution in [2.75, 3.05) is 19.2 Å². The van der Waals surface area contributed by atoms with Gasteiger partial charge in [-0.3, -0.25) is 5.01 Å². The number of hydrogen-bond donors (Lipinski definition) is 1. The minimum atomic E-state index is 0.0843. The Labute approximate surface area is 126 Å². The first-order valence-electron chi connectivity index (χ1n) is 6.01. The van der Waals surface area contributed by atoms with Crippen molar-refractivity contribution in [2.45, 2.75) is 0 Å². The van der Waals surface area contributed by atoms with Crippen molar-refractivity contribution in [3.8, 4) is 11.5 Å². The van der Waals surface area contributed by atoms with Gasteiger partial charge >= 0.3 is 0 Å². The molecule has 2 rings (SSSR count). The Kier molecular flexibility index (Phi) is 4.63. The fourth-order valence-electron chi connectivity index (χ4n) is 1.69. The fraction of sp³-hybridized carbons (Fsp3) is 0.133. The second-order valence-electron chi connectivity index (χ2n) is 4.16. The Morgan fingerprint density at radius 2 is 1.95 bits per heavy atom. The van der Waals surface area contributed by atoms with Crippen LogP contribution in [0.4, 0.5) is 5.69 Å². The Bertz CT molecular complexity index is 615. The Hall–Kier alpha value is -2.01. The number of nitrogens with zero attached hydrogens (tertiary/aromatic N) is 2. The molecule has 0 fully saturated rings. The number of phenols is 1. The van der Waals surface area contributed by atoms with Crippen molar-refractivity contribution >= 4 is 27.8 Å². The van der Waals surface area contributed by atoms with Crippen LogP contribution in [0.25, 0.3) is 0 Å². The summed E-state index contributed by atoms with van der Waals surface area (Å²) in [5.74, 6) is 0.490. The molecule has 0 spiro atoms. The van der Waals surface area contributed by atoms with Gasteiger partial charge in [0.25, 0.3) is 0 Å². The van der Waals surface area contributed by atoms with Crippen molar-refractivity contribution in [1.29, 1.82) is 0 Å². The Balaban J connectivity index is 2.21. The summed E-state index contributed by atoms with van der Waals surface area (Å²) in [7, 11) is 3.39. The molecule has 0 heterocycles. The van der Waals surface area contributed by atoms with Gasteiger partial charge in [0, 0.05) is 7.05 Å². The van der Waals surface area contributed by atoms with Crippen LogP contribution in [0.1, 0.15) is 5.56 Å². The lowest BCUT2D eigenvalue weighted by Gasteiger charge is -2.12. The van der Waals surface area contributed by atoms with Gasteiger partial charge < -0.3 is 9.84 Å². The Morgan fingerprint density at radius 3 is 2.60 bits per heavy atom. The predicted molar refractivity (Wildman–Crippen MR) is 84.8 cm³/mol. The number of para-hydroxylation sites is 1. The minimum Gasteiger partial charge on any atom is -0.503 e. The summed E-state index contributed by atoms with van der Waals surface area (Å²) in [6, 6.07) is 13.3. The molecule has 5 heteroatoms. The van der Waals surface area contributed by atoms with E-state index in [4.69, 9.17) is 4.74 Å². The van der Waals surface area contributed by atoms with Crippen LogP contribution in [0.2, 0.25) is 0 Å². The maximum atomic E-state index is 9.75. The zero-order valence-corrected chi connectivity index (χ0v) is 12.8. The second kappa shape index (κ2) is 6.43. The smallest absolute Gasteiger partial charge is 0.172 e. The molecule has 4 nitrogen and oxygen atoms in total. The summed E-state index contributed by atoms with van der Waals surface area (Å²) in [5, 5.41) is 15.9. The van der Waals surface area contributed by atoms with Gasteiger partial charge in [0.05, 0.1) is 23.5 Å². The number of hydrazone groups is 1. The lowest BCUT2D eigenvalue weighted by Crippen LogP contribution is -2.08. The molecule has 104 valence electrons. The largest absolute Gasteiger partial charge is 0.503 e. The maximum Gasteiger partial charge on any atom is 0.172 e. The van der Waals surface area contributed by atoms with Gasteiger partial charge in [-0.2, -0.15) is 5.10 Å². The first-order chi connectivity index (χ1) is 9.61. The van der Waals surface area contributed by atoms with Crippen LogP contribution in [0.15, 0.2) is 52.0 Å². The lowest BCUT2D eigenvalue weighted by atomic mass is 10.2. The van der Waals surface area contributed by atoms with Gasteiger partial charge in [0.1, 0.15) is 0 Å². The van der Waals surface area contributed by atoms with Crippen LogP contribution >= 0.6 is 15.9 Å². The standard InChI is InChI=1S/C15H15BrN2O2/c1-18(12-6-4-3-5-7-12)17-10-11-8-13(16)15(19)14(9-11)20-2/h3-10,19H,1-2H3/b17-10+. The van der Waals surface area contributed by atoms with E-state index in [9.17, 15) is 5.11 Å². The highest BCUT2D eigenvalue weighted by Crippen LogP contribution is 2.34. The highest BCUT2D eigenvalue weighted by molar-refractivity contribution is 9.10. The van der Waals surface area contributed by atoms with E-state index in [0.717, 1.165) is 11.3 Å². The molecule has 1 N–H and O–H groups in total. The number of aromatic hydroxyl groups is 1. The van der Waals surface area contributed by atoms with Gasteiger partial charge in [-0.05, 0) is 45.8 Å². The summed E-state index contributed by atoms with van der Waals surface area (Å²) < 4.78 is 5.67. The number of halogens is 1. The van der Waals surface area contributed by atoms with Crippen LogP contribution in [0, 0.1) is 0 Å². The van der Waals surface area contributed by atoms with Crippen LogP contribution in [0.3, 0.4) is 0 Å². The van der Waals surface area contributed by atoms with Crippen molar-refractivity contribution in [2.24, 2.45) is 5.10 Å². The quantitative estimate of drug-likeness (QED) is 0.685. The SMILES string of the molecule is COc1cc(/C=N/N(C)c2ccccc2)cc(Br)c1O. The molecule has 0 atom stereocenters. The van der Waals surface area contributed by atoms with Crippen molar-refractivity contribution in [3.05, 3.63) is 52.5 Å². The molecule has 0 aliphatic rings. The molecule has 2 aromatic carbocycles. The van der Waals surface area contributed by atoms with Gasteiger partial charge in [-0.15, -0.1) is 0 Å². The molecule has 0 aromatic heterocycles. The zero-order chi connectivity index (χ0) is 14.5. The monoisotopic (exact) mass is 334 g/mol. The molecule has 2 aromatic rings. The molecule has 0 aliphatic heterocycles. The highest BCUT2D eigenvalue weighted by Gasteiger charge is 2.07. The third kappa shape index (κ3) is 3.30. The molecule has 0 saturated carbocycles. The van der Waals surface area contributed by atoms with Gasteiger partial charge in [-0.25, -0.2) is 0 Å². The number of phenolic OH excluding ortho intramolecular Hbond substituents is 1. The maximum absolute atomic E-state index is 9.75.